The summed E-state index contributed by atoms with van der Waals surface area (Å²) < 4.78 is 0. The predicted molar refractivity (Wildman–Crippen MR) is 92.2 cm³/mol. The molecule has 5 aromatic rings. The Balaban J connectivity index is 1.70. The molecule has 0 saturated heterocycles. The normalized spacial score (nSPS) is 11.4. The van der Waals surface area contributed by atoms with Crippen LogP contribution >= 0.6 is 0 Å². The molecule has 0 spiro atoms. The van der Waals surface area contributed by atoms with E-state index in [1.54, 1.807) is 24.7 Å². The number of pyridine rings is 2. The van der Waals surface area contributed by atoms with Gasteiger partial charge in [-0.15, -0.1) is 0 Å². The number of nitrogens with two attached hydrogens (primary N) is 1. The minimum atomic E-state index is 0.216. The fraction of sp³-hybridized carbons (Fsp3) is 0. The summed E-state index contributed by atoms with van der Waals surface area (Å²) in [5, 5.41) is 8.06. The monoisotopic (exact) mass is 329 g/mol. The van der Waals surface area contributed by atoms with E-state index in [4.69, 9.17) is 5.73 Å². The number of imidazole rings is 1. The number of aromatic amines is 2. The van der Waals surface area contributed by atoms with Crippen molar-refractivity contribution in [3.05, 3.63) is 42.9 Å². The number of nitrogen functional groups attached to an aromatic ring is 1. The van der Waals surface area contributed by atoms with E-state index in [0.717, 1.165) is 22.2 Å². The molecule has 25 heavy (non-hydrogen) atoms. The highest BCUT2D eigenvalue weighted by atomic mass is 15.2. The van der Waals surface area contributed by atoms with Gasteiger partial charge in [-0.1, -0.05) is 0 Å². The minimum Gasteiger partial charge on any atom is -0.368 e. The fourth-order valence-electron chi connectivity index (χ4n) is 2.72. The van der Waals surface area contributed by atoms with Crippen molar-refractivity contribution in [1.82, 2.24) is 40.1 Å². The highest BCUT2D eigenvalue weighted by molar-refractivity contribution is 5.92. The van der Waals surface area contributed by atoms with Gasteiger partial charge >= 0.3 is 0 Å². The summed E-state index contributed by atoms with van der Waals surface area (Å²) in [6, 6.07) is 7.51. The van der Waals surface area contributed by atoms with Crippen molar-refractivity contribution in [3.63, 3.8) is 0 Å². The van der Waals surface area contributed by atoms with Gasteiger partial charge < -0.3 is 10.7 Å². The lowest BCUT2D eigenvalue weighted by Crippen LogP contribution is -1.95. The number of rotatable bonds is 2. The topological polar surface area (TPSA) is 135 Å². The Morgan fingerprint density at radius 2 is 1.92 bits per heavy atom. The molecule has 120 valence electrons. The van der Waals surface area contributed by atoms with Crippen LogP contribution in [0.2, 0.25) is 0 Å². The smallest absolute Gasteiger partial charge is 0.220 e. The van der Waals surface area contributed by atoms with Crippen LogP contribution < -0.4 is 5.73 Å². The van der Waals surface area contributed by atoms with E-state index in [9.17, 15) is 0 Å². The van der Waals surface area contributed by atoms with Gasteiger partial charge in [-0.25, -0.2) is 24.9 Å². The van der Waals surface area contributed by atoms with Crippen LogP contribution in [-0.2, 0) is 0 Å². The molecule has 5 rings (SSSR count). The first-order valence-electron chi connectivity index (χ1n) is 7.52. The number of fused-ring (bicyclic) bond motifs is 2. The van der Waals surface area contributed by atoms with E-state index in [-0.39, 0.29) is 5.95 Å². The Labute approximate surface area is 140 Å². The molecule has 0 aromatic carbocycles. The first kappa shape index (κ1) is 13.5. The second-order valence-electron chi connectivity index (χ2n) is 5.45. The van der Waals surface area contributed by atoms with Crippen LogP contribution in [-0.4, -0.2) is 40.1 Å². The van der Waals surface area contributed by atoms with Gasteiger partial charge in [0, 0.05) is 24.2 Å². The Morgan fingerprint density at radius 3 is 2.80 bits per heavy atom. The second kappa shape index (κ2) is 5.06. The SMILES string of the molecule is Nc1nccc(-c2cnc3n[nH]c(-c4nc5ncccc5[nH]4)c3c2)n1. The molecule has 0 fully saturated rings. The van der Waals surface area contributed by atoms with E-state index < -0.39 is 0 Å². The van der Waals surface area contributed by atoms with Gasteiger partial charge in [0.1, 0.15) is 5.69 Å². The molecule has 0 aliphatic heterocycles. The van der Waals surface area contributed by atoms with Gasteiger partial charge in [-0.3, -0.25) is 5.10 Å². The van der Waals surface area contributed by atoms with E-state index in [1.165, 1.54) is 0 Å². The molecule has 0 aliphatic carbocycles. The van der Waals surface area contributed by atoms with E-state index in [0.29, 0.717) is 22.8 Å². The molecule has 9 nitrogen and oxygen atoms in total. The van der Waals surface area contributed by atoms with Crippen molar-refractivity contribution in [1.29, 1.82) is 0 Å². The summed E-state index contributed by atoms with van der Waals surface area (Å²) in [7, 11) is 0. The number of H-pyrrole nitrogens is 2. The van der Waals surface area contributed by atoms with Crippen molar-refractivity contribution < 1.29 is 0 Å². The van der Waals surface area contributed by atoms with Crippen LogP contribution in [0.3, 0.4) is 0 Å². The van der Waals surface area contributed by atoms with Crippen LogP contribution in [0.15, 0.2) is 42.9 Å². The molecular formula is C16H11N9. The molecule has 0 bridgehead atoms. The molecule has 0 radical (unpaired) electrons. The molecule has 0 amide bonds. The highest BCUT2D eigenvalue weighted by Crippen LogP contribution is 2.28. The summed E-state index contributed by atoms with van der Waals surface area (Å²) in [4.78, 5) is 24.5. The minimum absolute atomic E-state index is 0.216. The number of hydrogen-bond acceptors (Lipinski definition) is 7. The summed E-state index contributed by atoms with van der Waals surface area (Å²) in [6.07, 6.45) is 5.02. The zero-order chi connectivity index (χ0) is 16.8. The Kier molecular flexibility index (Phi) is 2.74. The molecule has 0 unspecified atom stereocenters. The number of anilines is 1. The van der Waals surface area contributed by atoms with Crippen molar-refractivity contribution in [2.75, 3.05) is 5.73 Å². The van der Waals surface area contributed by atoms with Crippen molar-refractivity contribution in [3.8, 4) is 22.8 Å². The lowest BCUT2D eigenvalue weighted by Gasteiger charge is -2.01. The maximum atomic E-state index is 5.67. The molecule has 0 atom stereocenters. The Hall–Kier alpha value is -3.88. The first-order chi connectivity index (χ1) is 12.3. The average molecular weight is 329 g/mol. The third-order valence-corrected chi connectivity index (χ3v) is 3.87. The van der Waals surface area contributed by atoms with Crippen LogP contribution in [0.1, 0.15) is 0 Å². The van der Waals surface area contributed by atoms with Gasteiger partial charge in [0.25, 0.3) is 0 Å². The maximum Gasteiger partial charge on any atom is 0.220 e. The van der Waals surface area contributed by atoms with Crippen molar-refractivity contribution in [2.45, 2.75) is 0 Å². The average Bonchev–Trinajstić information content (AvgIpc) is 3.24. The third-order valence-electron chi connectivity index (χ3n) is 3.87. The molecule has 0 saturated carbocycles. The number of aromatic nitrogens is 8. The molecule has 5 aromatic heterocycles. The molecule has 9 heteroatoms. The van der Waals surface area contributed by atoms with Crippen molar-refractivity contribution in [2.24, 2.45) is 0 Å². The zero-order valence-corrected chi connectivity index (χ0v) is 12.8. The van der Waals surface area contributed by atoms with Crippen LogP contribution in [0.25, 0.3) is 45.0 Å². The number of nitrogens with zero attached hydrogens (tertiary/aromatic N) is 6. The standard InChI is InChI=1S/C16H11N9/c17-16-19-5-3-10(22-16)8-6-9-12(24-25-13(9)20-7-8)15-21-11-2-1-4-18-14(11)23-15/h1-7H,(H2,17,19,22)(H,18,21,23)(H,20,24,25). The summed E-state index contributed by atoms with van der Waals surface area (Å²) in [5.41, 5.74) is 10.0. The van der Waals surface area contributed by atoms with E-state index in [1.807, 2.05) is 18.2 Å². The lowest BCUT2D eigenvalue weighted by atomic mass is 10.1. The van der Waals surface area contributed by atoms with Gasteiger partial charge in [0.05, 0.1) is 16.6 Å². The highest BCUT2D eigenvalue weighted by Gasteiger charge is 2.14. The molecule has 4 N–H and O–H groups in total. The quantitative estimate of drug-likeness (QED) is 0.450. The number of hydrogen-bond donors (Lipinski definition) is 3. The summed E-state index contributed by atoms with van der Waals surface area (Å²) >= 11 is 0. The molecule has 0 aliphatic rings. The third kappa shape index (κ3) is 2.17. The molecule has 5 heterocycles. The van der Waals surface area contributed by atoms with Crippen LogP contribution in [0, 0.1) is 0 Å². The number of nitrogens with one attached hydrogen (secondary N) is 2. The Bertz CT molecular complexity index is 1190. The van der Waals surface area contributed by atoms with Gasteiger partial charge in [0.15, 0.2) is 17.1 Å². The first-order valence-corrected chi connectivity index (χ1v) is 7.52. The summed E-state index contributed by atoms with van der Waals surface area (Å²) in [5.74, 6) is 0.866. The second-order valence-corrected chi connectivity index (χ2v) is 5.45. The predicted octanol–water partition coefficient (Wildman–Crippen LogP) is 1.94. The van der Waals surface area contributed by atoms with Crippen LogP contribution in [0.4, 0.5) is 5.95 Å². The summed E-state index contributed by atoms with van der Waals surface area (Å²) in [6.45, 7) is 0. The fourth-order valence-corrected chi connectivity index (χ4v) is 2.72. The van der Waals surface area contributed by atoms with Gasteiger partial charge in [-0.05, 0) is 24.3 Å². The Morgan fingerprint density at radius 1 is 0.960 bits per heavy atom. The van der Waals surface area contributed by atoms with Gasteiger partial charge in [-0.2, -0.15) is 5.10 Å². The van der Waals surface area contributed by atoms with E-state index >= 15 is 0 Å². The largest absolute Gasteiger partial charge is 0.368 e. The van der Waals surface area contributed by atoms with Gasteiger partial charge in [0.2, 0.25) is 5.95 Å². The maximum absolute atomic E-state index is 5.67. The molecular weight excluding hydrogens is 318 g/mol. The van der Waals surface area contributed by atoms with Crippen LogP contribution in [0.5, 0.6) is 0 Å². The van der Waals surface area contributed by atoms with Crippen molar-refractivity contribution >= 4 is 28.1 Å². The lowest BCUT2D eigenvalue weighted by molar-refractivity contribution is 1.09. The zero-order valence-electron chi connectivity index (χ0n) is 12.8. The van der Waals surface area contributed by atoms with E-state index in [2.05, 4.69) is 40.1 Å².